The highest BCUT2D eigenvalue weighted by Gasteiger charge is 2.23. The van der Waals surface area contributed by atoms with E-state index < -0.39 is 0 Å². The van der Waals surface area contributed by atoms with Gasteiger partial charge in [-0.3, -0.25) is 0 Å². The van der Waals surface area contributed by atoms with Crippen LogP contribution in [0.25, 0.3) is 0 Å². The SMILES string of the molecule is CCNC(=NCc1ccccc1COCC)N1CCC(OCC2CCCCO2)CC1.I. The summed E-state index contributed by atoms with van der Waals surface area (Å²) >= 11 is 0. The van der Waals surface area contributed by atoms with Gasteiger partial charge in [0.25, 0.3) is 0 Å². The quantitative estimate of drug-likeness (QED) is 0.284. The third-order valence-electron chi connectivity index (χ3n) is 5.85. The van der Waals surface area contributed by atoms with Gasteiger partial charge in [-0.1, -0.05) is 24.3 Å². The van der Waals surface area contributed by atoms with E-state index in [0.29, 0.717) is 25.4 Å². The number of hydrogen-bond donors (Lipinski definition) is 1. The fourth-order valence-electron chi connectivity index (χ4n) is 4.07. The van der Waals surface area contributed by atoms with E-state index in [1.807, 2.05) is 6.92 Å². The molecule has 7 heteroatoms. The van der Waals surface area contributed by atoms with Gasteiger partial charge in [-0.15, -0.1) is 24.0 Å². The molecule has 0 aromatic heterocycles. The van der Waals surface area contributed by atoms with Gasteiger partial charge in [-0.25, -0.2) is 4.99 Å². The van der Waals surface area contributed by atoms with Gasteiger partial charge in [-0.2, -0.15) is 0 Å². The molecule has 1 unspecified atom stereocenters. The number of ether oxygens (including phenoxy) is 3. The Morgan fingerprint density at radius 2 is 1.90 bits per heavy atom. The number of piperidine rings is 1. The molecule has 1 aromatic carbocycles. The van der Waals surface area contributed by atoms with E-state index in [2.05, 4.69) is 41.4 Å². The first-order valence-electron chi connectivity index (χ1n) is 11.7. The van der Waals surface area contributed by atoms with Crippen LogP contribution < -0.4 is 5.32 Å². The van der Waals surface area contributed by atoms with E-state index in [0.717, 1.165) is 64.7 Å². The van der Waals surface area contributed by atoms with Crippen molar-refractivity contribution in [2.24, 2.45) is 4.99 Å². The van der Waals surface area contributed by atoms with E-state index in [-0.39, 0.29) is 24.0 Å². The Morgan fingerprint density at radius 3 is 2.58 bits per heavy atom. The first-order chi connectivity index (χ1) is 14.8. The second kappa shape index (κ2) is 15.0. The van der Waals surface area contributed by atoms with Crippen LogP contribution in [0.4, 0.5) is 0 Å². The lowest BCUT2D eigenvalue weighted by Gasteiger charge is -2.35. The number of halogens is 1. The van der Waals surface area contributed by atoms with Crippen molar-refractivity contribution in [1.29, 1.82) is 0 Å². The largest absolute Gasteiger partial charge is 0.377 e. The zero-order valence-corrected chi connectivity index (χ0v) is 21.5. The molecule has 0 amide bonds. The number of nitrogens with one attached hydrogen (secondary N) is 1. The van der Waals surface area contributed by atoms with E-state index in [1.165, 1.54) is 24.0 Å². The molecule has 2 heterocycles. The van der Waals surface area contributed by atoms with E-state index in [4.69, 9.17) is 19.2 Å². The highest BCUT2D eigenvalue weighted by molar-refractivity contribution is 14.0. The van der Waals surface area contributed by atoms with Gasteiger partial charge in [0.1, 0.15) is 0 Å². The number of benzene rings is 1. The van der Waals surface area contributed by atoms with Crippen LogP contribution in [-0.4, -0.2) is 62.5 Å². The Labute approximate surface area is 205 Å². The predicted octanol–water partition coefficient (Wildman–Crippen LogP) is 4.36. The van der Waals surface area contributed by atoms with Crippen molar-refractivity contribution < 1.29 is 14.2 Å². The van der Waals surface area contributed by atoms with Crippen molar-refractivity contribution in [3.63, 3.8) is 0 Å². The topological polar surface area (TPSA) is 55.3 Å². The molecule has 31 heavy (non-hydrogen) atoms. The molecule has 176 valence electrons. The predicted molar refractivity (Wildman–Crippen MR) is 136 cm³/mol. The molecule has 6 nitrogen and oxygen atoms in total. The van der Waals surface area contributed by atoms with Crippen molar-refractivity contribution in [3.8, 4) is 0 Å². The third-order valence-corrected chi connectivity index (χ3v) is 5.85. The Bertz CT molecular complexity index is 645. The molecule has 1 aromatic rings. The summed E-state index contributed by atoms with van der Waals surface area (Å²) in [5.74, 6) is 0.998. The van der Waals surface area contributed by atoms with E-state index in [1.54, 1.807) is 0 Å². The van der Waals surface area contributed by atoms with Crippen LogP contribution in [0.2, 0.25) is 0 Å². The van der Waals surface area contributed by atoms with Gasteiger partial charge in [0.2, 0.25) is 0 Å². The summed E-state index contributed by atoms with van der Waals surface area (Å²) < 4.78 is 17.6. The molecule has 2 aliphatic heterocycles. The third kappa shape index (κ3) is 8.86. The number of likely N-dealkylation sites (tertiary alicyclic amines) is 1. The zero-order valence-electron chi connectivity index (χ0n) is 19.2. The van der Waals surface area contributed by atoms with Crippen molar-refractivity contribution in [1.82, 2.24) is 10.2 Å². The average molecular weight is 546 g/mol. The summed E-state index contributed by atoms with van der Waals surface area (Å²) in [5, 5.41) is 3.47. The molecule has 0 saturated carbocycles. The van der Waals surface area contributed by atoms with Crippen LogP contribution >= 0.6 is 24.0 Å². The number of rotatable bonds is 9. The Kier molecular flexibility index (Phi) is 12.8. The summed E-state index contributed by atoms with van der Waals surface area (Å²) in [5.41, 5.74) is 2.45. The Morgan fingerprint density at radius 1 is 1.13 bits per heavy atom. The monoisotopic (exact) mass is 545 g/mol. The van der Waals surface area contributed by atoms with E-state index in [9.17, 15) is 0 Å². The van der Waals surface area contributed by atoms with Crippen LogP contribution in [-0.2, 0) is 27.4 Å². The summed E-state index contributed by atoms with van der Waals surface area (Å²) in [6.45, 7) is 10.6. The smallest absolute Gasteiger partial charge is 0.194 e. The highest BCUT2D eigenvalue weighted by Crippen LogP contribution is 2.18. The molecule has 0 bridgehead atoms. The molecule has 0 spiro atoms. The van der Waals surface area contributed by atoms with Gasteiger partial charge in [0, 0.05) is 32.8 Å². The maximum Gasteiger partial charge on any atom is 0.194 e. The van der Waals surface area contributed by atoms with Crippen LogP contribution in [0.1, 0.15) is 57.1 Å². The Balaban J connectivity index is 0.00000341. The fraction of sp³-hybridized carbons (Fsp3) is 0.708. The first kappa shape index (κ1) is 26.4. The standard InChI is InChI=1S/C24H39N3O3.HI/c1-3-25-24(26-17-20-9-5-6-10-21(20)18-28-4-2)27-14-12-22(13-15-27)30-19-23-11-7-8-16-29-23;/h5-6,9-10,22-23H,3-4,7-8,11-19H2,1-2H3,(H,25,26);1H. The molecule has 0 radical (unpaired) electrons. The van der Waals surface area contributed by atoms with Gasteiger partial charge >= 0.3 is 0 Å². The highest BCUT2D eigenvalue weighted by atomic mass is 127. The van der Waals surface area contributed by atoms with Crippen LogP contribution in [0.15, 0.2) is 29.3 Å². The fourth-order valence-corrected chi connectivity index (χ4v) is 4.07. The second-order valence-electron chi connectivity index (χ2n) is 8.08. The average Bonchev–Trinajstić information content (AvgIpc) is 2.80. The summed E-state index contributed by atoms with van der Waals surface area (Å²) in [6.07, 6.45) is 6.31. The molecule has 0 aliphatic carbocycles. The maximum atomic E-state index is 6.17. The summed E-state index contributed by atoms with van der Waals surface area (Å²) in [6, 6.07) is 8.42. The Hall–Kier alpha value is -0.900. The van der Waals surface area contributed by atoms with Gasteiger partial charge < -0.3 is 24.4 Å². The van der Waals surface area contributed by atoms with Crippen LogP contribution in [0.3, 0.4) is 0 Å². The van der Waals surface area contributed by atoms with E-state index >= 15 is 0 Å². The molecule has 2 saturated heterocycles. The first-order valence-corrected chi connectivity index (χ1v) is 11.7. The van der Waals surface area contributed by atoms with Gasteiger partial charge in [0.05, 0.1) is 32.0 Å². The van der Waals surface area contributed by atoms with Crippen molar-refractivity contribution in [2.75, 3.05) is 39.5 Å². The van der Waals surface area contributed by atoms with Gasteiger partial charge in [0.15, 0.2) is 5.96 Å². The van der Waals surface area contributed by atoms with Crippen LogP contribution in [0.5, 0.6) is 0 Å². The molecular formula is C24H40IN3O3. The summed E-state index contributed by atoms with van der Waals surface area (Å²) in [7, 11) is 0. The maximum absolute atomic E-state index is 6.17. The second-order valence-corrected chi connectivity index (χ2v) is 8.08. The number of hydrogen-bond acceptors (Lipinski definition) is 4. The van der Waals surface area contributed by atoms with Gasteiger partial charge in [-0.05, 0) is 57.1 Å². The van der Waals surface area contributed by atoms with Crippen LogP contribution in [0, 0.1) is 0 Å². The lowest BCUT2D eigenvalue weighted by Crippen LogP contribution is -2.47. The molecule has 1 atom stereocenters. The minimum atomic E-state index is 0. The summed E-state index contributed by atoms with van der Waals surface area (Å²) in [4.78, 5) is 7.30. The van der Waals surface area contributed by atoms with Crippen molar-refractivity contribution in [2.45, 2.75) is 71.3 Å². The molecule has 1 N–H and O–H groups in total. The minimum Gasteiger partial charge on any atom is -0.377 e. The van der Waals surface area contributed by atoms with Crippen molar-refractivity contribution in [3.05, 3.63) is 35.4 Å². The van der Waals surface area contributed by atoms with Crippen molar-refractivity contribution >= 4 is 29.9 Å². The molecule has 2 fully saturated rings. The number of aliphatic imine (C=N–C) groups is 1. The lowest BCUT2D eigenvalue weighted by molar-refractivity contribution is -0.0721. The number of guanidine groups is 1. The molecule has 3 rings (SSSR count). The normalized spacial score (nSPS) is 20.4. The lowest BCUT2D eigenvalue weighted by atomic mass is 10.1. The molecular weight excluding hydrogens is 505 g/mol. The zero-order chi connectivity index (χ0) is 21.0. The number of nitrogens with zero attached hydrogens (tertiary/aromatic N) is 2. The minimum absolute atomic E-state index is 0. The molecule has 2 aliphatic rings.